The van der Waals surface area contributed by atoms with Crippen molar-refractivity contribution in [2.24, 2.45) is 0 Å². The molecule has 1 N–H and O–H groups in total. The molecule has 120 valence electrons. The summed E-state index contributed by atoms with van der Waals surface area (Å²) in [6, 6.07) is 6.63. The van der Waals surface area contributed by atoms with Crippen LogP contribution in [-0.2, 0) is 5.41 Å². The molecule has 0 aliphatic heterocycles. The van der Waals surface area contributed by atoms with E-state index in [9.17, 15) is 0 Å². The van der Waals surface area contributed by atoms with Crippen molar-refractivity contribution < 1.29 is 9.47 Å². The van der Waals surface area contributed by atoms with E-state index in [0.717, 1.165) is 30.9 Å². The van der Waals surface area contributed by atoms with E-state index in [1.54, 1.807) is 7.11 Å². The molecular formula is C18H31NO2. The summed E-state index contributed by atoms with van der Waals surface area (Å²) in [5, 5.41) is 3.52. The first-order valence-electron chi connectivity index (χ1n) is 7.97. The lowest BCUT2D eigenvalue weighted by Gasteiger charge is -2.24. The van der Waals surface area contributed by atoms with Crippen LogP contribution in [0.5, 0.6) is 11.5 Å². The molecule has 0 bridgehead atoms. The van der Waals surface area contributed by atoms with Gasteiger partial charge in [0, 0.05) is 18.2 Å². The number of ether oxygens (including phenoxy) is 2. The Kier molecular flexibility index (Phi) is 7.03. The minimum atomic E-state index is 0.0344. The molecule has 0 saturated heterocycles. The lowest BCUT2D eigenvalue weighted by molar-refractivity contribution is 0.294. The summed E-state index contributed by atoms with van der Waals surface area (Å²) in [5.74, 6) is 1.83. The normalized spacial score (nSPS) is 11.8. The van der Waals surface area contributed by atoms with Gasteiger partial charge < -0.3 is 14.8 Å². The van der Waals surface area contributed by atoms with Gasteiger partial charge in [-0.15, -0.1) is 0 Å². The van der Waals surface area contributed by atoms with Crippen LogP contribution in [0.25, 0.3) is 0 Å². The van der Waals surface area contributed by atoms with Crippen molar-refractivity contribution in [3.05, 3.63) is 23.8 Å². The van der Waals surface area contributed by atoms with Crippen LogP contribution in [0.2, 0.25) is 0 Å². The third-order valence-corrected chi connectivity index (χ3v) is 3.77. The smallest absolute Gasteiger partial charge is 0.123 e. The van der Waals surface area contributed by atoms with Gasteiger partial charge in [-0.1, -0.05) is 34.6 Å². The van der Waals surface area contributed by atoms with Crippen molar-refractivity contribution in [2.45, 2.75) is 58.9 Å². The molecule has 0 fully saturated rings. The number of nitrogens with one attached hydrogen (secondary N) is 1. The van der Waals surface area contributed by atoms with Gasteiger partial charge in [0.1, 0.15) is 18.1 Å². The van der Waals surface area contributed by atoms with E-state index in [1.807, 2.05) is 12.1 Å². The van der Waals surface area contributed by atoms with Crippen LogP contribution in [-0.4, -0.2) is 26.3 Å². The van der Waals surface area contributed by atoms with Gasteiger partial charge in [-0.25, -0.2) is 0 Å². The van der Waals surface area contributed by atoms with E-state index in [4.69, 9.17) is 9.47 Å². The minimum Gasteiger partial charge on any atom is -0.497 e. The van der Waals surface area contributed by atoms with Crippen molar-refractivity contribution in [1.82, 2.24) is 5.32 Å². The van der Waals surface area contributed by atoms with Crippen molar-refractivity contribution in [3.63, 3.8) is 0 Å². The van der Waals surface area contributed by atoms with Crippen LogP contribution < -0.4 is 14.8 Å². The van der Waals surface area contributed by atoms with Gasteiger partial charge in [0.15, 0.2) is 0 Å². The maximum absolute atomic E-state index is 5.98. The van der Waals surface area contributed by atoms with E-state index in [-0.39, 0.29) is 5.41 Å². The Bertz CT molecular complexity index is 420. The Morgan fingerprint density at radius 2 is 1.81 bits per heavy atom. The van der Waals surface area contributed by atoms with E-state index >= 15 is 0 Å². The molecule has 0 saturated carbocycles. The lowest BCUT2D eigenvalue weighted by atomic mass is 9.86. The standard InChI is InChI=1S/C18H31NO2/c1-7-14(8-2)19-11-12-21-17-10-9-15(20-6)13-16(17)18(3,4)5/h9-10,13-14,19H,7-8,11-12H2,1-6H3. The molecule has 0 aliphatic rings. The minimum absolute atomic E-state index is 0.0344. The second kappa shape index (κ2) is 8.28. The molecule has 0 radical (unpaired) electrons. The maximum atomic E-state index is 5.98. The van der Waals surface area contributed by atoms with Gasteiger partial charge in [0.25, 0.3) is 0 Å². The van der Waals surface area contributed by atoms with Crippen LogP contribution >= 0.6 is 0 Å². The number of methoxy groups -OCH3 is 1. The Labute approximate surface area is 130 Å². The molecule has 0 aromatic heterocycles. The number of rotatable bonds is 8. The van der Waals surface area contributed by atoms with E-state index in [1.165, 1.54) is 5.56 Å². The van der Waals surface area contributed by atoms with Crippen LogP contribution in [0.4, 0.5) is 0 Å². The molecule has 0 aliphatic carbocycles. The zero-order chi connectivity index (χ0) is 15.9. The number of benzene rings is 1. The predicted molar refractivity (Wildman–Crippen MR) is 89.6 cm³/mol. The Morgan fingerprint density at radius 3 is 2.33 bits per heavy atom. The summed E-state index contributed by atoms with van der Waals surface area (Å²) >= 11 is 0. The molecule has 1 rings (SSSR count). The molecule has 0 unspecified atom stereocenters. The topological polar surface area (TPSA) is 30.5 Å². The van der Waals surface area contributed by atoms with E-state index in [2.05, 4.69) is 46.0 Å². The summed E-state index contributed by atoms with van der Waals surface area (Å²) < 4.78 is 11.3. The van der Waals surface area contributed by atoms with Gasteiger partial charge in [0.2, 0.25) is 0 Å². The molecule has 3 nitrogen and oxygen atoms in total. The van der Waals surface area contributed by atoms with Crippen molar-refractivity contribution in [1.29, 1.82) is 0 Å². The van der Waals surface area contributed by atoms with Gasteiger partial charge >= 0.3 is 0 Å². The van der Waals surface area contributed by atoms with Crippen molar-refractivity contribution in [2.75, 3.05) is 20.3 Å². The Morgan fingerprint density at radius 1 is 1.14 bits per heavy atom. The number of hydrogen-bond donors (Lipinski definition) is 1. The molecule has 1 aromatic carbocycles. The van der Waals surface area contributed by atoms with Crippen LogP contribution in [0, 0.1) is 0 Å². The monoisotopic (exact) mass is 293 g/mol. The van der Waals surface area contributed by atoms with Gasteiger partial charge in [-0.05, 0) is 36.5 Å². The molecule has 3 heteroatoms. The van der Waals surface area contributed by atoms with Crippen molar-refractivity contribution in [3.8, 4) is 11.5 Å². The van der Waals surface area contributed by atoms with Crippen LogP contribution in [0.1, 0.15) is 53.0 Å². The fraction of sp³-hybridized carbons (Fsp3) is 0.667. The van der Waals surface area contributed by atoms with Gasteiger partial charge in [0.05, 0.1) is 7.11 Å². The van der Waals surface area contributed by atoms with Crippen LogP contribution in [0.3, 0.4) is 0 Å². The molecule has 1 aromatic rings. The van der Waals surface area contributed by atoms with Crippen molar-refractivity contribution >= 4 is 0 Å². The third kappa shape index (κ3) is 5.58. The largest absolute Gasteiger partial charge is 0.497 e. The van der Waals surface area contributed by atoms with E-state index in [0.29, 0.717) is 12.6 Å². The summed E-state index contributed by atoms with van der Waals surface area (Å²) in [4.78, 5) is 0. The zero-order valence-corrected chi connectivity index (χ0v) is 14.5. The highest BCUT2D eigenvalue weighted by Crippen LogP contribution is 2.34. The van der Waals surface area contributed by atoms with Gasteiger partial charge in [-0.3, -0.25) is 0 Å². The highest BCUT2D eigenvalue weighted by molar-refractivity contribution is 5.44. The zero-order valence-electron chi connectivity index (χ0n) is 14.5. The lowest BCUT2D eigenvalue weighted by Crippen LogP contribution is -2.31. The molecule has 0 amide bonds. The third-order valence-electron chi connectivity index (χ3n) is 3.77. The molecule has 0 spiro atoms. The molecule has 0 atom stereocenters. The second-order valence-corrected chi connectivity index (χ2v) is 6.43. The first-order chi connectivity index (χ1) is 9.92. The first-order valence-corrected chi connectivity index (χ1v) is 7.97. The fourth-order valence-corrected chi connectivity index (χ4v) is 2.35. The van der Waals surface area contributed by atoms with E-state index < -0.39 is 0 Å². The highest BCUT2D eigenvalue weighted by atomic mass is 16.5. The summed E-state index contributed by atoms with van der Waals surface area (Å²) in [7, 11) is 1.70. The van der Waals surface area contributed by atoms with Crippen LogP contribution in [0.15, 0.2) is 18.2 Å². The Hall–Kier alpha value is -1.22. The highest BCUT2D eigenvalue weighted by Gasteiger charge is 2.20. The Balaban J connectivity index is 2.66. The average Bonchev–Trinajstić information content (AvgIpc) is 2.46. The maximum Gasteiger partial charge on any atom is 0.123 e. The molecule has 21 heavy (non-hydrogen) atoms. The quantitative estimate of drug-likeness (QED) is 0.730. The average molecular weight is 293 g/mol. The summed E-state index contributed by atoms with van der Waals surface area (Å²) in [6.07, 6.45) is 2.32. The summed E-state index contributed by atoms with van der Waals surface area (Å²) in [6.45, 7) is 12.6. The molecular weight excluding hydrogens is 262 g/mol. The SMILES string of the molecule is CCC(CC)NCCOc1ccc(OC)cc1C(C)(C)C. The second-order valence-electron chi connectivity index (χ2n) is 6.43. The number of hydrogen-bond acceptors (Lipinski definition) is 3. The predicted octanol–water partition coefficient (Wildman–Crippen LogP) is 4.15. The van der Waals surface area contributed by atoms with Gasteiger partial charge in [-0.2, -0.15) is 0 Å². The fourth-order valence-electron chi connectivity index (χ4n) is 2.35. The summed E-state index contributed by atoms with van der Waals surface area (Å²) in [5.41, 5.74) is 1.22. The molecule has 0 heterocycles. The first kappa shape index (κ1) is 17.8.